The lowest BCUT2D eigenvalue weighted by molar-refractivity contribution is -0.116. The molecule has 2 aromatic rings. The molecule has 1 N–H and O–H groups in total. The Morgan fingerprint density at radius 1 is 1.03 bits per heavy atom. The van der Waals surface area contributed by atoms with Crippen molar-refractivity contribution in [3.63, 3.8) is 0 Å². The summed E-state index contributed by atoms with van der Waals surface area (Å²) in [6.07, 6.45) is 1.24. The molecule has 0 saturated heterocycles. The molecule has 1 atom stereocenters. The number of amidine groups is 1. The molecule has 0 radical (unpaired) electrons. The maximum absolute atomic E-state index is 12.9. The molecule has 2 aliphatic heterocycles. The first-order chi connectivity index (χ1) is 14.1. The summed E-state index contributed by atoms with van der Waals surface area (Å²) in [6, 6.07) is 11.1. The van der Waals surface area contributed by atoms with Crippen molar-refractivity contribution in [3.8, 4) is 17.2 Å². The molecule has 0 bridgehead atoms. The fourth-order valence-corrected chi connectivity index (χ4v) is 3.81. The van der Waals surface area contributed by atoms with Gasteiger partial charge < -0.3 is 14.2 Å². The molecule has 0 spiro atoms. The first kappa shape index (κ1) is 19.1. The van der Waals surface area contributed by atoms with Crippen molar-refractivity contribution in [1.29, 1.82) is 0 Å². The summed E-state index contributed by atoms with van der Waals surface area (Å²) in [5, 5.41) is 11.0. The van der Waals surface area contributed by atoms with Gasteiger partial charge in [-0.25, -0.2) is 5.01 Å². The summed E-state index contributed by atoms with van der Waals surface area (Å²) in [6.45, 7) is 0. The van der Waals surface area contributed by atoms with Crippen LogP contribution in [0.2, 0.25) is 0 Å². The highest BCUT2D eigenvalue weighted by molar-refractivity contribution is 8.13. The number of methoxy groups -OCH3 is 3. The molecule has 29 heavy (non-hydrogen) atoms. The molecule has 2 aliphatic rings. The number of carbonyl (C=O) groups excluding carboxylic acids is 1. The Hall–Kier alpha value is -3.20. The number of hydrazone groups is 1. The molecular formula is C20H20N4O4S. The number of benzene rings is 2. The Morgan fingerprint density at radius 2 is 1.79 bits per heavy atom. The fourth-order valence-electron chi connectivity index (χ4n) is 3.45. The van der Waals surface area contributed by atoms with Gasteiger partial charge in [0.05, 0.1) is 26.7 Å². The number of hydrogen-bond donors (Lipinski definition) is 1. The molecule has 0 aliphatic carbocycles. The van der Waals surface area contributed by atoms with Gasteiger partial charge in [-0.3, -0.25) is 15.1 Å². The van der Waals surface area contributed by atoms with Crippen LogP contribution in [0.25, 0.3) is 5.70 Å². The topological polar surface area (TPSA) is 84.8 Å². The van der Waals surface area contributed by atoms with Gasteiger partial charge in [-0.05, 0) is 24.5 Å². The first-order valence-corrected chi connectivity index (χ1v) is 10.0. The number of ether oxygens (including phenoxy) is 3. The molecule has 0 aromatic heterocycles. The van der Waals surface area contributed by atoms with Crippen LogP contribution in [-0.2, 0) is 4.79 Å². The summed E-state index contributed by atoms with van der Waals surface area (Å²) in [5.74, 6) is 1.25. The number of rotatable bonds is 4. The van der Waals surface area contributed by atoms with Gasteiger partial charge in [-0.15, -0.1) is 5.10 Å². The van der Waals surface area contributed by atoms with E-state index in [0.717, 1.165) is 5.22 Å². The molecule has 150 valence electrons. The lowest BCUT2D eigenvalue weighted by Gasteiger charge is -2.34. The lowest BCUT2D eigenvalue weighted by Crippen LogP contribution is -2.50. The molecule has 2 aromatic carbocycles. The maximum Gasteiger partial charge on any atom is 0.276 e. The van der Waals surface area contributed by atoms with Crippen molar-refractivity contribution in [2.24, 2.45) is 10.1 Å². The average Bonchev–Trinajstić information content (AvgIpc) is 2.76. The predicted molar refractivity (Wildman–Crippen MR) is 110 cm³/mol. The Morgan fingerprint density at radius 3 is 2.48 bits per heavy atom. The van der Waals surface area contributed by atoms with Gasteiger partial charge in [0.15, 0.2) is 22.8 Å². The van der Waals surface area contributed by atoms with Crippen molar-refractivity contribution >= 4 is 28.5 Å². The smallest absolute Gasteiger partial charge is 0.276 e. The Kier molecular flexibility index (Phi) is 5.06. The molecule has 4 rings (SSSR count). The molecule has 0 saturated carbocycles. The Balaban J connectivity index is 2.00. The minimum atomic E-state index is -0.608. The molecule has 1 unspecified atom stereocenters. The van der Waals surface area contributed by atoms with Crippen LogP contribution < -0.4 is 30.1 Å². The van der Waals surface area contributed by atoms with Crippen LogP contribution in [0.1, 0.15) is 11.7 Å². The van der Waals surface area contributed by atoms with Crippen LogP contribution in [-0.4, -0.2) is 43.7 Å². The number of para-hydroxylation sites is 1. The summed E-state index contributed by atoms with van der Waals surface area (Å²) < 4.78 is 16.6. The zero-order valence-electron chi connectivity index (χ0n) is 16.4. The van der Waals surface area contributed by atoms with Crippen LogP contribution in [0.4, 0.5) is 0 Å². The summed E-state index contributed by atoms with van der Waals surface area (Å²) >= 11 is 1.35. The normalized spacial score (nSPS) is 17.4. The van der Waals surface area contributed by atoms with Crippen LogP contribution in [0, 0.1) is 0 Å². The number of fused-ring (bicyclic) bond motifs is 2. The van der Waals surface area contributed by atoms with E-state index in [2.05, 4.69) is 10.4 Å². The Labute approximate surface area is 171 Å². The van der Waals surface area contributed by atoms with E-state index in [9.17, 15) is 4.79 Å². The minimum Gasteiger partial charge on any atom is -0.493 e. The van der Waals surface area contributed by atoms with E-state index < -0.39 is 6.17 Å². The van der Waals surface area contributed by atoms with Crippen LogP contribution in [0.15, 0.2) is 46.5 Å². The number of hydrogen-bond acceptors (Lipinski definition) is 8. The van der Waals surface area contributed by atoms with Crippen LogP contribution >= 0.6 is 11.8 Å². The van der Waals surface area contributed by atoms with Crippen molar-refractivity contribution in [3.05, 3.63) is 52.5 Å². The van der Waals surface area contributed by atoms with Crippen molar-refractivity contribution in [2.45, 2.75) is 6.17 Å². The SMILES string of the molecule is COc1ccc(C2N=c3ccccc3=C3C(=O)NC(SC)=NN32)c(OC)c1OC. The highest BCUT2D eigenvalue weighted by atomic mass is 32.2. The third-order valence-corrected chi connectivity index (χ3v) is 5.29. The predicted octanol–water partition coefficient (Wildman–Crippen LogP) is 1.22. The van der Waals surface area contributed by atoms with Gasteiger partial charge in [0.1, 0.15) is 5.70 Å². The third-order valence-electron chi connectivity index (χ3n) is 4.72. The van der Waals surface area contributed by atoms with E-state index in [1.54, 1.807) is 32.4 Å². The summed E-state index contributed by atoms with van der Waals surface area (Å²) in [4.78, 5) is 17.8. The second kappa shape index (κ2) is 7.67. The zero-order chi connectivity index (χ0) is 20.5. The molecule has 0 fully saturated rings. The second-order valence-electron chi connectivity index (χ2n) is 6.20. The summed E-state index contributed by atoms with van der Waals surface area (Å²) in [7, 11) is 4.67. The lowest BCUT2D eigenvalue weighted by atomic mass is 10.1. The van der Waals surface area contributed by atoms with Gasteiger partial charge >= 0.3 is 0 Å². The minimum absolute atomic E-state index is 0.226. The van der Waals surface area contributed by atoms with E-state index in [-0.39, 0.29) is 5.91 Å². The van der Waals surface area contributed by atoms with E-state index in [1.807, 2.05) is 36.6 Å². The van der Waals surface area contributed by atoms with E-state index >= 15 is 0 Å². The van der Waals surface area contributed by atoms with Gasteiger partial charge in [-0.1, -0.05) is 30.0 Å². The van der Waals surface area contributed by atoms with E-state index in [1.165, 1.54) is 11.8 Å². The van der Waals surface area contributed by atoms with Crippen LogP contribution in [0.5, 0.6) is 17.2 Å². The van der Waals surface area contributed by atoms with Gasteiger partial charge in [0.25, 0.3) is 5.91 Å². The number of carbonyl (C=O) groups is 1. The number of nitrogens with zero attached hydrogens (tertiary/aromatic N) is 3. The third kappa shape index (κ3) is 3.07. The van der Waals surface area contributed by atoms with Crippen molar-refractivity contribution in [2.75, 3.05) is 27.6 Å². The molecular weight excluding hydrogens is 392 g/mol. The molecule has 8 nitrogen and oxygen atoms in total. The average molecular weight is 412 g/mol. The van der Waals surface area contributed by atoms with Gasteiger partial charge in [0, 0.05) is 10.8 Å². The molecule has 9 heteroatoms. The quantitative estimate of drug-likeness (QED) is 0.813. The Bertz CT molecular complexity index is 1130. The maximum atomic E-state index is 12.9. The van der Waals surface area contributed by atoms with E-state index in [0.29, 0.717) is 39.0 Å². The van der Waals surface area contributed by atoms with Crippen molar-refractivity contribution in [1.82, 2.24) is 10.3 Å². The highest BCUT2D eigenvalue weighted by Crippen LogP contribution is 2.45. The zero-order valence-corrected chi connectivity index (χ0v) is 17.2. The molecule has 1 amide bonds. The van der Waals surface area contributed by atoms with E-state index in [4.69, 9.17) is 19.2 Å². The second-order valence-corrected chi connectivity index (χ2v) is 6.99. The van der Waals surface area contributed by atoms with Crippen molar-refractivity contribution < 1.29 is 19.0 Å². The number of amides is 1. The van der Waals surface area contributed by atoms with Crippen LogP contribution in [0.3, 0.4) is 0 Å². The standard InChI is InChI=1S/C20H20N4O4S/c1-26-14-10-9-12(16(27-2)17(14)28-3)18-21-13-8-6-5-7-11(13)15-19(25)22-20(29-4)23-24(15)18/h5-10,18H,1-4H3,(H,22,23,25). The largest absolute Gasteiger partial charge is 0.493 e. The van der Waals surface area contributed by atoms with Gasteiger partial charge in [-0.2, -0.15) is 0 Å². The fraction of sp³-hybridized carbons (Fsp3) is 0.250. The first-order valence-electron chi connectivity index (χ1n) is 8.82. The number of thioether (sulfide) groups is 1. The highest BCUT2D eigenvalue weighted by Gasteiger charge is 2.36. The van der Waals surface area contributed by atoms with Gasteiger partial charge in [0.2, 0.25) is 5.75 Å². The summed E-state index contributed by atoms with van der Waals surface area (Å²) in [5.41, 5.74) is 1.14. The number of nitrogens with one attached hydrogen (secondary N) is 1. The molecule has 2 heterocycles. The monoisotopic (exact) mass is 412 g/mol.